The molecular weight excluding hydrogens is 385 g/mol. The molecule has 8 heteroatoms. The van der Waals surface area contributed by atoms with Gasteiger partial charge < -0.3 is 20.0 Å². The molecule has 0 radical (unpaired) electrons. The van der Waals surface area contributed by atoms with Crippen molar-refractivity contribution < 1.29 is 9.59 Å². The van der Waals surface area contributed by atoms with Gasteiger partial charge in [0.15, 0.2) is 5.96 Å². The van der Waals surface area contributed by atoms with Gasteiger partial charge in [-0.05, 0) is 6.42 Å². The fourth-order valence-corrected chi connectivity index (χ4v) is 2.70. The van der Waals surface area contributed by atoms with Crippen LogP contribution in [0, 0.1) is 0 Å². The van der Waals surface area contributed by atoms with Gasteiger partial charge in [-0.25, -0.2) is 0 Å². The number of hydrogen-bond acceptors (Lipinski definition) is 3. The van der Waals surface area contributed by atoms with E-state index in [2.05, 4.69) is 15.2 Å². The summed E-state index contributed by atoms with van der Waals surface area (Å²) in [5.41, 5.74) is 0. The molecule has 21 heavy (non-hydrogen) atoms. The number of rotatable bonds is 2. The van der Waals surface area contributed by atoms with Crippen molar-refractivity contribution in [3.8, 4) is 0 Å². The lowest BCUT2D eigenvalue weighted by Crippen LogP contribution is -2.56. The SMILES string of the molecule is CN=C(NCC(=O)N(C)C)N1CCN2C(=O)CCC2C1.I. The highest BCUT2D eigenvalue weighted by atomic mass is 127. The second-order valence-electron chi connectivity index (χ2n) is 5.41. The molecule has 0 aromatic heterocycles. The zero-order chi connectivity index (χ0) is 14.7. The third-order valence-electron chi connectivity index (χ3n) is 3.90. The van der Waals surface area contributed by atoms with Gasteiger partial charge in [0.25, 0.3) is 0 Å². The van der Waals surface area contributed by atoms with Crippen LogP contribution < -0.4 is 5.32 Å². The van der Waals surface area contributed by atoms with E-state index in [-0.39, 0.29) is 42.3 Å². The molecule has 0 aromatic rings. The Labute approximate surface area is 142 Å². The number of guanidine groups is 1. The molecule has 2 fully saturated rings. The van der Waals surface area contributed by atoms with E-state index in [1.165, 1.54) is 0 Å². The number of fused-ring (bicyclic) bond motifs is 1. The molecular formula is C13H24IN5O2. The standard InChI is InChI=1S/C13H23N5O2.HI/c1-14-13(15-8-12(20)16(2)3)17-6-7-18-10(9-17)4-5-11(18)19;/h10H,4-9H2,1-3H3,(H,14,15);1H. The quantitative estimate of drug-likeness (QED) is 0.382. The number of hydrogen-bond donors (Lipinski definition) is 1. The number of piperazine rings is 1. The number of carbonyl (C=O) groups is 2. The summed E-state index contributed by atoms with van der Waals surface area (Å²) in [5.74, 6) is 1.01. The molecule has 0 aliphatic carbocycles. The minimum atomic E-state index is 0. The molecule has 1 unspecified atom stereocenters. The van der Waals surface area contributed by atoms with Crippen LogP contribution in [0.3, 0.4) is 0 Å². The predicted molar refractivity (Wildman–Crippen MR) is 91.8 cm³/mol. The van der Waals surface area contributed by atoms with Crippen molar-refractivity contribution >= 4 is 41.8 Å². The molecule has 0 spiro atoms. The topological polar surface area (TPSA) is 68.2 Å². The van der Waals surface area contributed by atoms with Gasteiger partial charge in [-0.2, -0.15) is 0 Å². The maximum absolute atomic E-state index is 11.7. The van der Waals surface area contributed by atoms with Gasteiger partial charge in [0, 0.05) is 53.2 Å². The van der Waals surface area contributed by atoms with Crippen LogP contribution in [0.15, 0.2) is 4.99 Å². The third kappa shape index (κ3) is 4.21. The van der Waals surface area contributed by atoms with E-state index in [0.29, 0.717) is 12.5 Å². The predicted octanol–water partition coefficient (Wildman–Crippen LogP) is -0.425. The smallest absolute Gasteiger partial charge is 0.241 e. The van der Waals surface area contributed by atoms with Gasteiger partial charge in [0.2, 0.25) is 11.8 Å². The summed E-state index contributed by atoms with van der Waals surface area (Å²) in [6, 6.07) is 0.291. The summed E-state index contributed by atoms with van der Waals surface area (Å²) in [7, 11) is 5.18. The van der Waals surface area contributed by atoms with E-state index in [9.17, 15) is 9.59 Å². The van der Waals surface area contributed by atoms with Crippen molar-refractivity contribution in [1.82, 2.24) is 20.0 Å². The van der Waals surface area contributed by atoms with Crippen LogP contribution in [0.4, 0.5) is 0 Å². The van der Waals surface area contributed by atoms with Crippen molar-refractivity contribution in [2.75, 3.05) is 47.3 Å². The lowest BCUT2D eigenvalue weighted by atomic mass is 10.1. The Balaban J connectivity index is 0.00000220. The fourth-order valence-electron chi connectivity index (χ4n) is 2.70. The number of likely N-dealkylation sites (N-methyl/N-ethyl adjacent to an activating group) is 1. The highest BCUT2D eigenvalue weighted by molar-refractivity contribution is 14.0. The summed E-state index contributed by atoms with van der Waals surface area (Å²) in [5, 5.41) is 3.09. The van der Waals surface area contributed by atoms with Crippen molar-refractivity contribution in [3.63, 3.8) is 0 Å². The first-order valence-corrected chi connectivity index (χ1v) is 6.98. The first-order valence-electron chi connectivity index (χ1n) is 6.98. The monoisotopic (exact) mass is 409 g/mol. The van der Waals surface area contributed by atoms with E-state index in [0.717, 1.165) is 32.0 Å². The summed E-state index contributed by atoms with van der Waals surface area (Å²) < 4.78 is 0. The van der Waals surface area contributed by atoms with Crippen LogP contribution in [0.2, 0.25) is 0 Å². The van der Waals surface area contributed by atoms with Gasteiger partial charge in [0.1, 0.15) is 0 Å². The van der Waals surface area contributed by atoms with Crippen LogP contribution >= 0.6 is 24.0 Å². The summed E-state index contributed by atoms with van der Waals surface area (Å²) in [4.78, 5) is 33.1. The normalized spacial score (nSPS) is 21.8. The van der Waals surface area contributed by atoms with Crippen LogP contribution in [0.1, 0.15) is 12.8 Å². The Morgan fingerprint density at radius 3 is 2.76 bits per heavy atom. The molecule has 2 rings (SSSR count). The zero-order valence-electron chi connectivity index (χ0n) is 12.8. The molecule has 2 aliphatic rings. The van der Waals surface area contributed by atoms with Gasteiger partial charge in [-0.1, -0.05) is 0 Å². The number of halogens is 1. The van der Waals surface area contributed by atoms with Crippen molar-refractivity contribution in [2.45, 2.75) is 18.9 Å². The van der Waals surface area contributed by atoms with Crippen LogP contribution in [0.5, 0.6) is 0 Å². The molecule has 2 saturated heterocycles. The Morgan fingerprint density at radius 1 is 1.43 bits per heavy atom. The van der Waals surface area contributed by atoms with Crippen molar-refractivity contribution in [1.29, 1.82) is 0 Å². The molecule has 7 nitrogen and oxygen atoms in total. The molecule has 0 bridgehead atoms. The molecule has 1 N–H and O–H groups in total. The molecule has 120 valence electrons. The number of amides is 2. The lowest BCUT2D eigenvalue weighted by molar-refractivity contribution is -0.130. The van der Waals surface area contributed by atoms with E-state index >= 15 is 0 Å². The van der Waals surface area contributed by atoms with Gasteiger partial charge >= 0.3 is 0 Å². The highest BCUT2D eigenvalue weighted by Gasteiger charge is 2.36. The van der Waals surface area contributed by atoms with Crippen LogP contribution in [-0.2, 0) is 9.59 Å². The number of carbonyl (C=O) groups excluding carboxylic acids is 2. The first-order chi connectivity index (χ1) is 9.52. The van der Waals surface area contributed by atoms with E-state index < -0.39 is 0 Å². The fraction of sp³-hybridized carbons (Fsp3) is 0.769. The average molecular weight is 409 g/mol. The third-order valence-corrected chi connectivity index (χ3v) is 3.90. The second-order valence-corrected chi connectivity index (χ2v) is 5.41. The van der Waals surface area contributed by atoms with Gasteiger partial charge in [-0.15, -0.1) is 24.0 Å². The number of nitrogens with one attached hydrogen (secondary N) is 1. The minimum absolute atomic E-state index is 0. The molecule has 2 aliphatic heterocycles. The van der Waals surface area contributed by atoms with Crippen LogP contribution in [0.25, 0.3) is 0 Å². The summed E-state index contributed by atoms with van der Waals surface area (Å²) in [6.45, 7) is 2.54. The molecule has 2 amide bonds. The number of nitrogens with zero attached hydrogens (tertiary/aromatic N) is 4. The maximum Gasteiger partial charge on any atom is 0.241 e. The highest BCUT2D eigenvalue weighted by Crippen LogP contribution is 2.22. The van der Waals surface area contributed by atoms with E-state index in [1.54, 1.807) is 26.0 Å². The molecule has 1 atom stereocenters. The second kappa shape index (κ2) is 7.81. The van der Waals surface area contributed by atoms with Crippen LogP contribution in [-0.4, -0.2) is 85.8 Å². The average Bonchev–Trinajstić information content (AvgIpc) is 2.80. The van der Waals surface area contributed by atoms with E-state index in [4.69, 9.17) is 0 Å². The van der Waals surface area contributed by atoms with Gasteiger partial charge in [-0.3, -0.25) is 14.6 Å². The van der Waals surface area contributed by atoms with Gasteiger partial charge in [0.05, 0.1) is 6.54 Å². The van der Waals surface area contributed by atoms with Crippen molar-refractivity contribution in [3.05, 3.63) is 0 Å². The van der Waals surface area contributed by atoms with Crippen molar-refractivity contribution in [2.24, 2.45) is 4.99 Å². The number of aliphatic imine (C=N–C) groups is 1. The first kappa shape index (κ1) is 18.0. The van der Waals surface area contributed by atoms with E-state index in [1.807, 2.05) is 4.90 Å². The minimum Gasteiger partial charge on any atom is -0.347 e. The lowest BCUT2D eigenvalue weighted by Gasteiger charge is -2.39. The Bertz CT molecular complexity index is 427. The summed E-state index contributed by atoms with van der Waals surface area (Å²) in [6.07, 6.45) is 1.58. The Kier molecular flexibility index (Phi) is 6.69. The largest absolute Gasteiger partial charge is 0.347 e. The molecule has 0 saturated carbocycles. The zero-order valence-corrected chi connectivity index (χ0v) is 15.2. The maximum atomic E-state index is 11.7. The summed E-state index contributed by atoms with van der Waals surface area (Å²) >= 11 is 0. The molecule has 2 heterocycles. The molecule has 0 aromatic carbocycles. The Morgan fingerprint density at radius 2 is 2.14 bits per heavy atom. The Hall–Kier alpha value is -1.06.